The van der Waals surface area contributed by atoms with E-state index in [9.17, 15) is 9.59 Å². The first-order valence-electron chi connectivity index (χ1n) is 5.64. The summed E-state index contributed by atoms with van der Waals surface area (Å²) in [4.78, 5) is 29.7. The lowest BCUT2D eigenvalue weighted by molar-refractivity contribution is 0.0696. The summed E-state index contributed by atoms with van der Waals surface area (Å²) in [6.45, 7) is 3.80. The highest BCUT2D eigenvalue weighted by atomic mass is 32.1. The van der Waals surface area contributed by atoms with Gasteiger partial charge in [-0.05, 0) is 26.0 Å². The molecule has 0 radical (unpaired) electrons. The van der Waals surface area contributed by atoms with Gasteiger partial charge in [0.2, 0.25) is 0 Å². The van der Waals surface area contributed by atoms with Crippen molar-refractivity contribution in [3.63, 3.8) is 0 Å². The van der Waals surface area contributed by atoms with Crippen LogP contribution in [0.15, 0.2) is 23.1 Å². The lowest BCUT2D eigenvalue weighted by Gasteiger charge is -2.02. The predicted octanol–water partition coefficient (Wildman–Crippen LogP) is 2.22. The summed E-state index contributed by atoms with van der Waals surface area (Å²) in [7, 11) is 0. The van der Waals surface area contributed by atoms with Crippen LogP contribution in [-0.2, 0) is 0 Å². The van der Waals surface area contributed by atoms with E-state index in [1.165, 1.54) is 28.0 Å². The van der Waals surface area contributed by atoms with Crippen LogP contribution in [0.5, 0.6) is 0 Å². The van der Waals surface area contributed by atoms with Crippen molar-refractivity contribution in [2.45, 2.75) is 13.8 Å². The third kappa shape index (κ3) is 1.64. The van der Waals surface area contributed by atoms with Crippen LogP contribution in [0.3, 0.4) is 0 Å². The maximum absolute atomic E-state index is 12.4. The van der Waals surface area contributed by atoms with Gasteiger partial charge in [0.05, 0.1) is 16.5 Å². The van der Waals surface area contributed by atoms with Crippen LogP contribution in [0, 0.1) is 13.8 Å². The van der Waals surface area contributed by atoms with Gasteiger partial charge in [-0.15, -0.1) is 11.3 Å². The Morgan fingerprint density at radius 2 is 2.05 bits per heavy atom. The van der Waals surface area contributed by atoms with E-state index < -0.39 is 5.97 Å². The lowest BCUT2D eigenvalue weighted by Crippen LogP contribution is -2.16. The van der Waals surface area contributed by atoms with Crippen molar-refractivity contribution >= 4 is 33.9 Å². The molecule has 3 aromatic rings. The van der Waals surface area contributed by atoms with Crippen LogP contribution in [0.25, 0.3) is 16.6 Å². The maximum Gasteiger partial charge on any atom is 0.337 e. The highest BCUT2D eigenvalue weighted by Gasteiger charge is 2.14. The minimum Gasteiger partial charge on any atom is -0.478 e. The maximum atomic E-state index is 12.4. The summed E-state index contributed by atoms with van der Waals surface area (Å²) >= 11 is 1.53. The number of aryl methyl sites for hydroxylation is 2. The molecule has 3 aromatic heterocycles. The normalized spacial score (nSPS) is 11.3. The molecule has 3 heterocycles. The average Bonchev–Trinajstić information content (AvgIpc) is 2.64. The molecule has 0 bridgehead atoms. The zero-order chi connectivity index (χ0) is 13.7. The molecule has 0 saturated carbocycles. The molecule has 1 N–H and O–H groups in total. The van der Waals surface area contributed by atoms with Gasteiger partial charge in [-0.2, -0.15) is 0 Å². The van der Waals surface area contributed by atoms with E-state index in [4.69, 9.17) is 5.11 Å². The van der Waals surface area contributed by atoms with E-state index >= 15 is 0 Å². The molecule has 3 rings (SSSR count). The van der Waals surface area contributed by atoms with Gasteiger partial charge in [-0.3, -0.25) is 9.20 Å². The molecule has 96 valence electrons. The number of rotatable bonds is 1. The first-order chi connectivity index (χ1) is 8.99. The monoisotopic (exact) mass is 274 g/mol. The topological polar surface area (TPSA) is 71.7 Å². The summed E-state index contributed by atoms with van der Waals surface area (Å²) in [5, 5.41) is 9.55. The molecule has 0 amide bonds. The van der Waals surface area contributed by atoms with Crippen LogP contribution in [0.4, 0.5) is 0 Å². The fraction of sp³-hybridized carbons (Fsp3) is 0.154. The van der Waals surface area contributed by atoms with Gasteiger partial charge >= 0.3 is 5.97 Å². The van der Waals surface area contributed by atoms with E-state index in [2.05, 4.69) is 4.98 Å². The predicted molar refractivity (Wildman–Crippen MR) is 73.3 cm³/mol. The number of pyridine rings is 1. The second kappa shape index (κ2) is 3.89. The SMILES string of the molecule is Cc1sc(C)c2c(=O)n3cc(C(=O)O)ccc3nc12. The minimum atomic E-state index is -1.06. The van der Waals surface area contributed by atoms with E-state index in [-0.39, 0.29) is 11.1 Å². The van der Waals surface area contributed by atoms with E-state index in [0.717, 1.165) is 9.75 Å². The summed E-state index contributed by atoms with van der Waals surface area (Å²) in [6.07, 6.45) is 1.32. The second-order valence-corrected chi connectivity index (χ2v) is 5.73. The smallest absolute Gasteiger partial charge is 0.337 e. The molecule has 0 atom stereocenters. The van der Waals surface area contributed by atoms with Gasteiger partial charge in [-0.25, -0.2) is 9.78 Å². The van der Waals surface area contributed by atoms with Crippen molar-refractivity contribution < 1.29 is 9.90 Å². The summed E-state index contributed by atoms with van der Waals surface area (Å²) in [6, 6.07) is 3.00. The third-order valence-electron chi connectivity index (χ3n) is 3.06. The standard InChI is InChI=1S/C13H10N2O3S/c1-6-10-11(7(2)19-6)14-9-4-3-8(13(17)18)5-15(9)12(10)16/h3-5H,1-2H3,(H,17,18). The van der Waals surface area contributed by atoms with Gasteiger partial charge in [0.25, 0.3) is 5.56 Å². The highest BCUT2D eigenvalue weighted by molar-refractivity contribution is 7.13. The Labute approximate surface area is 111 Å². The lowest BCUT2D eigenvalue weighted by atomic mass is 10.2. The number of aromatic nitrogens is 2. The van der Waals surface area contributed by atoms with Crippen LogP contribution in [0.2, 0.25) is 0 Å². The number of carboxylic acid groups (broad SMARTS) is 1. The summed E-state index contributed by atoms with van der Waals surface area (Å²) in [5.41, 5.74) is 1.02. The molecule has 0 aromatic carbocycles. The Morgan fingerprint density at radius 3 is 2.74 bits per heavy atom. The van der Waals surface area contributed by atoms with Crippen LogP contribution < -0.4 is 5.56 Å². The Hall–Kier alpha value is -2.21. The van der Waals surface area contributed by atoms with Gasteiger partial charge < -0.3 is 5.11 Å². The fourth-order valence-corrected chi connectivity index (χ4v) is 3.16. The Bertz CT molecular complexity index is 892. The Morgan fingerprint density at radius 1 is 1.32 bits per heavy atom. The molecule has 0 aliphatic heterocycles. The number of hydrogen-bond acceptors (Lipinski definition) is 4. The van der Waals surface area contributed by atoms with E-state index in [1.54, 1.807) is 6.07 Å². The zero-order valence-electron chi connectivity index (χ0n) is 10.3. The first-order valence-corrected chi connectivity index (χ1v) is 6.46. The van der Waals surface area contributed by atoms with Crippen LogP contribution in [-0.4, -0.2) is 20.5 Å². The van der Waals surface area contributed by atoms with E-state index in [1.807, 2.05) is 13.8 Å². The van der Waals surface area contributed by atoms with Crippen LogP contribution in [0.1, 0.15) is 20.1 Å². The number of thiophene rings is 1. The van der Waals surface area contributed by atoms with Crippen molar-refractivity contribution in [1.29, 1.82) is 0 Å². The third-order valence-corrected chi connectivity index (χ3v) is 4.07. The Balaban J connectivity index is 2.53. The number of nitrogens with zero attached hydrogens (tertiary/aromatic N) is 2. The number of aromatic carboxylic acids is 1. The number of fused-ring (bicyclic) bond motifs is 2. The van der Waals surface area contributed by atoms with Crippen molar-refractivity contribution in [3.8, 4) is 0 Å². The summed E-state index contributed by atoms with van der Waals surface area (Å²) in [5.74, 6) is -1.06. The van der Waals surface area contributed by atoms with Crippen molar-refractivity contribution in [2.24, 2.45) is 0 Å². The molecular formula is C13H10N2O3S. The van der Waals surface area contributed by atoms with Crippen molar-refractivity contribution in [2.75, 3.05) is 0 Å². The molecule has 0 fully saturated rings. The summed E-state index contributed by atoms with van der Waals surface area (Å²) < 4.78 is 1.30. The molecule has 6 heteroatoms. The molecule has 0 unspecified atom stereocenters. The van der Waals surface area contributed by atoms with E-state index in [0.29, 0.717) is 16.6 Å². The number of hydrogen-bond donors (Lipinski definition) is 1. The van der Waals surface area contributed by atoms with Crippen LogP contribution >= 0.6 is 11.3 Å². The van der Waals surface area contributed by atoms with Gasteiger partial charge in [0.15, 0.2) is 0 Å². The van der Waals surface area contributed by atoms with Crippen molar-refractivity contribution in [1.82, 2.24) is 9.38 Å². The minimum absolute atomic E-state index is 0.0698. The van der Waals surface area contributed by atoms with Gasteiger partial charge in [0.1, 0.15) is 5.65 Å². The van der Waals surface area contributed by atoms with Gasteiger partial charge in [0, 0.05) is 16.0 Å². The number of carboxylic acids is 1. The molecule has 0 saturated heterocycles. The fourth-order valence-electron chi connectivity index (χ4n) is 2.17. The molecule has 19 heavy (non-hydrogen) atoms. The largest absolute Gasteiger partial charge is 0.478 e. The molecule has 5 nitrogen and oxygen atoms in total. The molecule has 0 aliphatic rings. The average molecular weight is 274 g/mol. The Kier molecular flexibility index (Phi) is 2.43. The quantitative estimate of drug-likeness (QED) is 0.738. The number of carbonyl (C=O) groups is 1. The molecular weight excluding hydrogens is 264 g/mol. The second-order valence-electron chi connectivity index (χ2n) is 4.31. The zero-order valence-corrected chi connectivity index (χ0v) is 11.1. The molecule has 0 aliphatic carbocycles. The molecule has 0 spiro atoms. The van der Waals surface area contributed by atoms with Gasteiger partial charge in [-0.1, -0.05) is 0 Å². The van der Waals surface area contributed by atoms with Crippen molar-refractivity contribution in [3.05, 3.63) is 44.0 Å². The highest BCUT2D eigenvalue weighted by Crippen LogP contribution is 2.26. The first kappa shape index (κ1) is 11.9.